The first kappa shape index (κ1) is 18.5. The molecule has 0 spiro atoms. The second-order valence-corrected chi connectivity index (χ2v) is 8.87. The van der Waals surface area contributed by atoms with Crippen LogP contribution in [-0.4, -0.2) is 29.8 Å². The molecule has 0 saturated carbocycles. The van der Waals surface area contributed by atoms with Gasteiger partial charge in [-0.2, -0.15) is 5.10 Å². The van der Waals surface area contributed by atoms with E-state index >= 15 is 0 Å². The van der Waals surface area contributed by atoms with Gasteiger partial charge in [-0.05, 0) is 48.6 Å². The van der Waals surface area contributed by atoms with Crippen molar-refractivity contribution in [2.45, 2.75) is 52.5 Å². The van der Waals surface area contributed by atoms with E-state index in [-0.39, 0.29) is 0 Å². The van der Waals surface area contributed by atoms with E-state index < -0.39 is 0 Å². The number of hydrogen-bond donors (Lipinski definition) is 1. The molecule has 3 aromatic rings. The smallest absolute Gasteiger partial charge is 0.154 e. The number of hydrogen-bond acceptors (Lipinski definition) is 3. The van der Waals surface area contributed by atoms with E-state index in [1.54, 1.807) is 0 Å². The highest BCUT2D eigenvalue weighted by atomic mass is 15.3. The van der Waals surface area contributed by atoms with Gasteiger partial charge in [0.05, 0.1) is 12.2 Å². The van der Waals surface area contributed by atoms with E-state index in [4.69, 9.17) is 5.10 Å². The van der Waals surface area contributed by atoms with Gasteiger partial charge in [-0.25, -0.2) is 0 Å². The van der Waals surface area contributed by atoms with Crippen LogP contribution in [0.1, 0.15) is 49.9 Å². The van der Waals surface area contributed by atoms with E-state index in [2.05, 4.69) is 65.1 Å². The summed E-state index contributed by atoms with van der Waals surface area (Å²) in [6, 6.07) is 13.4. The second-order valence-electron chi connectivity index (χ2n) is 8.87. The zero-order valence-electron chi connectivity index (χ0n) is 17.7. The molecule has 1 N–H and O–H groups in total. The largest absolute Gasteiger partial charge is 0.365 e. The van der Waals surface area contributed by atoms with Crippen LogP contribution in [0.3, 0.4) is 0 Å². The molecule has 2 aliphatic rings. The predicted molar refractivity (Wildman–Crippen MR) is 122 cm³/mol. The average molecular weight is 389 g/mol. The monoisotopic (exact) mass is 388 g/mol. The molecule has 1 fully saturated rings. The maximum absolute atomic E-state index is 4.80. The summed E-state index contributed by atoms with van der Waals surface area (Å²) in [5, 5.41) is 11.0. The first-order chi connectivity index (χ1) is 14.2. The summed E-state index contributed by atoms with van der Waals surface area (Å²) in [6.45, 7) is 8.90. The summed E-state index contributed by atoms with van der Waals surface area (Å²) in [4.78, 5) is 5.08. The maximum Gasteiger partial charge on any atom is 0.154 e. The minimum Gasteiger partial charge on any atom is -0.365 e. The van der Waals surface area contributed by atoms with Crippen LogP contribution in [0.4, 0.5) is 11.5 Å². The molecule has 0 aliphatic carbocycles. The summed E-state index contributed by atoms with van der Waals surface area (Å²) in [5.74, 6) is 1.98. The Morgan fingerprint density at radius 3 is 2.79 bits per heavy atom. The van der Waals surface area contributed by atoms with Gasteiger partial charge in [-0.1, -0.05) is 50.6 Å². The van der Waals surface area contributed by atoms with Crippen LogP contribution in [0, 0.1) is 5.92 Å². The maximum atomic E-state index is 4.80. The number of nitrogens with one attached hydrogen (secondary N) is 1. The number of benzene rings is 2. The fourth-order valence-corrected chi connectivity index (χ4v) is 5.27. The van der Waals surface area contributed by atoms with Gasteiger partial charge in [-0.15, -0.1) is 0 Å². The van der Waals surface area contributed by atoms with Gasteiger partial charge in [0.2, 0.25) is 0 Å². The Bertz CT molecular complexity index is 1000. The minimum absolute atomic E-state index is 0.757. The molecule has 1 saturated heterocycles. The summed E-state index contributed by atoms with van der Waals surface area (Å²) < 4.78 is 0. The number of nitrogens with zero attached hydrogens (tertiary/aromatic N) is 3. The van der Waals surface area contributed by atoms with E-state index in [1.807, 2.05) is 0 Å². The quantitative estimate of drug-likeness (QED) is 0.660. The SMILES string of the molecule is CCc1cccc2cccc(N3CCc4c(N5CCCCC(C)C5)n[nH]c4C3)c12. The van der Waals surface area contributed by atoms with Gasteiger partial charge in [0.1, 0.15) is 0 Å². The van der Waals surface area contributed by atoms with Gasteiger partial charge < -0.3 is 9.80 Å². The van der Waals surface area contributed by atoms with Crippen molar-refractivity contribution in [1.82, 2.24) is 10.2 Å². The van der Waals surface area contributed by atoms with Crippen molar-refractivity contribution in [1.29, 1.82) is 0 Å². The lowest BCUT2D eigenvalue weighted by Gasteiger charge is -2.31. The number of aromatic amines is 1. The van der Waals surface area contributed by atoms with E-state index in [0.29, 0.717) is 0 Å². The predicted octanol–water partition coefficient (Wildman–Crippen LogP) is 5.31. The number of aryl methyl sites for hydroxylation is 1. The number of fused-ring (bicyclic) bond motifs is 2. The normalized spacial score (nSPS) is 20.0. The highest BCUT2D eigenvalue weighted by molar-refractivity contribution is 5.97. The third-order valence-electron chi connectivity index (χ3n) is 6.81. The first-order valence-corrected chi connectivity index (χ1v) is 11.3. The fourth-order valence-electron chi connectivity index (χ4n) is 5.27. The van der Waals surface area contributed by atoms with Crippen LogP contribution in [0.15, 0.2) is 36.4 Å². The molecule has 1 atom stereocenters. The van der Waals surface area contributed by atoms with E-state index in [1.165, 1.54) is 58.4 Å². The lowest BCUT2D eigenvalue weighted by Crippen LogP contribution is -2.32. The van der Waals surface area contributed by atoms with Gasteiger partial charge in [0.15, 0.2) is 5.82 Å². The molecule has 3 heterocycles. The third-order valence-corrected chi connectivity index (χ3v) is 6.81. The lowest BCUT2D eigenvalue weighted by molar-refractivity contribution is 0.543. The van der Waals surface area contributed by atoms with E-state index in [9.17, 15) is 0 Å². The van der Waals surface area contributed by atoms with E-state index in [0.717, 1.165) is 44.9 Å². The van der Waals surface area contributed by atoms with Crippen molar-refractivity contribution in [3.8, 4) is 0 Å². The highest BCUT2D eigenvalue weighted by Gasteiger charge is 2.27. The number of anilines is 2. The Hall–Kier alpha value is -2.49. The Morgan fingerprint density at radius 2 is 1.93 bits per heavy atom. The van der Waals surface area contributed by atoms with Crippen LogP contribution in [0.2, 0.25) is 0 Å². The van der Waals surface area contributed by atoms with Crippen LogP contribution >= 0.6 is 0 Å². The van der Waals surface area contributed by atoms with Gasteiger partial charge in [0.25, 0.3) is 0 Å². The van der Waals surface area contributed by atoms with Crippen molar-refractivity contribution < 1.29 is 0 Å². The molecular formula is C25H32N4. The molecule has 0 radical (unpaired) electrons. The van der Waals surface area contributed by atoms with Crippen LogP contribution in [0.5, 0.6) is 0 Å². The van der Waals surface area contributed by atoms with Crippen LogP contribution in [-0.2, 0) is 19.4 Å². The molecule has 1 unspecified atom stereocenters. The van der Waals surface area contributed by atoms with Crippen molar-refractivity contribution >= 4 is 22.3 Å². The Morgan fingerprint density at radius 1 is 1.07 bits per heavy atom. The van der Waals surface area contributed by atoms with Crippen molar-refractivity contribution in [2.75, 3.05) is 29.4 Å². The van der Waals surface area contributed by atoms with Crippen molar-refractivity contribution in [2.24, 2.45) is 5.92 Å². The molecular weight excluding hydrogens is 356 g/mol. The minimum atomic E-state index is 0.757. The summed E-state index contributed by atoms with van der Waals surface area (Å²) in [6.07, 6.45) is 6.11. The zero-order valence-corrected chi connectivity index (χ0v) is 17.7. The molecule has 152 valence electrons. The number of aromatic nitrogens is 2. The first-order valence-electron chi connectivity index (χ1n) is 11.3. The van der Waals surface area contributed by atoms with Crippen LogP contribution in [0.25, 0.3) is 10.8 Å². The molecule has 2 aliphatic heterocycles. The second kappa shape index (κ2) is 7.74. The topological polar surface area (TPSA) is 35.2 Å². The van der Waals surface area contributed by atoms with Crippen molar-refractivity contribution in [3.63, 3.8) is 0 Å². The molecule has 29 heavy (non-hydrogen) atoms. The molecule has 1 aromatic heterocycles. The summed E-state index contributed by atoms with van der Waals surface area (Å²) in [5.41, 5.74) is 5.55. The van der Waals surface area contributed by atoms with Crippen LogP contribution < -0.4 is 9.80 Å². The Balaban J connectivity index is 1.46. The fraction of sp³-hybridized carbons (Fsp3) is 0.480. The third kappa shape index (κ3) is 3.39. The standard InChI is InChI=1S/C25H32N4/c1-3-19-9-6-10-20-11-7-12-23(24(19)20)28-15-13-21-22(17-28)26-27-25(21)29-14-5-4-8-18(2)16-29/h6-7,9-12,18H,3-5,8,13-17H2,1-2H3,(H,26,27). The Labute approximate surface area is 173 Å². The van der Waals surface area contributed by atoms with Gasteiger partial charge >= 0.3 is 0 Å². The molecule has 0 amide bonds. The summed E-state index contributed by atoms with van der Waals surface area (Å²) >= 11 is 0. The molecule has 2 aromatic carbocycles. The molecule has 4 heteroatoms. The van der Waals surface area contributed by atoms with Gasteiger partial charge in [0, 0.05) is 36.3 Å². The lowest BCUT2D eigenvalue weighted by atomic mass is 9.98. The summed E-state index contributed by atoms with van der Waals surface area (Å²) in [7, 11) is 0. The number of rotatable bonds is 3. The molecule has 5 rings (SSSR count). The van der Waals surface area contributed by atoms with Crippen molar-refractivity contribution in [3.05, 3.63) is 53.2 Å². The van der Waals surface area contributed by atoms with Gasteiger partial charge in [-0.3, -0.25) is 5.10 Å². The highest BCUT2D eigenvalue weighted by Crippen LogP contribution is 2.35. The zero-order chi connectivity index (χ0) is 19.8. The number of H-pyrrole nitrogens is 1. The Kier molecular flexibility index (Phi) is 4.94. The average Bonchev–Trinajstić information content (AvgIpc) is 3.06. The molecule has 0 bridgehead atoms. The molecule has 4 nitrogen and oxygen atoms in total.